The molecule has 0 saturated carbocycles. The minimum atomic E-state index is -0.415. The standard InChI is InChI=1S/C11H20O6/c1-6-15-10-9(14-4)8(13-3)7(5-12-2)17-11(10)16-6/h6-11H,5H2,1-4H3/t6?,7-,8-,9+,10+,11-/m1/s1. The van der Waals surface area contributed by atoms with Crippen molar-refractivity contribution in [1.29, 1.82) is 0 Å². The van der Waals surface area contributed by atoms with Gasteiger partial charge in [-0.1, -0.05) is 0 Å². The van der Waals surface area contributed by atoms with Crippen LogP contribution in [0.1, 0.15) is 6.92 Å². The fraction of sp³-hybridized carbons (Fsp3) is 1.00. The maximum atomic E-state index is 5.78. The number of fused-ring (bicyclic) bond motifs is 1. The Balaban J connectivity index is 2.13. The second kappa shape index (κ2) is 5.60. The second-order valence-electron chi connectivity index (χ2n) is 4.20. The van der Waals surface area contributed by atoms with Crippen LogP contribution in [0.2, 0.25) is 0 Å². The first-order chi connectivity index (χ1) is 8.21. The summed E-state index contributed by atoms with van der Waals surface area (Å²) in [5.74, 6) is 0. The molecule has 1 unspecified atom stereocenters. The molecule has 2 rings (SSSR count). The van der Waals surface area contributed by atoms with Gasteiger partial charge in [-0.25, -0.2) is 0 Å². The fourth-order valence-corrected chi connectivity index (χ4v) is 2.43. The molecule has 6 nitrogen and oxygen atoms in total. The van der Waals surface area contributed by atoms with E-state index in [0.717, 1.165) is 0 Å². The molecule has 6 atom stereocenters. The van der Waals surface area contributed by atoms with Crippen molar-refractivity contribution in [2.75, 3.05) is 27.9 Å². The number of hydrogen-bond acceptors (Lipinski definition) is 6. The number of rotatable bonds is 4. The summed E-state index contributed by atoms with van der Waals surface area (Å²) in [6.07, 6.45) is -1.62. The summed E-state index contributed by atoms with van der Waals surface area (Å²) in [6, 6.07) is 0. The minimum Gasteiger partial charge on any atom is -0.382 e. The highest BCUT2D eigenvalue weighted by Crippen LogP contribution is 2.33. The molecule has 0 aromatic heterocycles. The molecule has 0 aromatic rings. The molecule has 0 aliphatic carbocycles. The van der Waals surface area contributed by atoms with Gasteiger partial charge in [0.15, 0.2) is 12.6 Å². The van der Waals surface area contributed by atoms with E-state index in [9.17, 15) is 0 Å². The largest absolute Gasteiger partial charge is 0.382 e. The Hall–Kier alpha value is -0.240. The Morgan fingerprint density at radius 3 is 2.24 bits per heavy atom. The Morgan fingerprint density at radius 2 is 1.65 bits per heavy atom. The molecule has 0 amide bonds. The Morgan fingerprint density at radius 1 is 0.941 bits per heavy atom. The Labute approximate surface area is 101 Å². The molecule has 0 bridgehead atoms. The third kappa shape index (κ3) is 2.47. The van der Waals surface area contributed by atoms with E-state index in [2.05, 4.69) is 0 Å². The molecule has 0 N–H and O–H groups in total. The van der Waals surface area contributed by atoms with Crippen LogP contribution in [0.15, 0.2) is 0 Å². The molecular weight excluding hydrogens is 228 g/mol. The normalized spacial score (nSPS) is 45.9. The van der Waals surface area contributed by atoms with Crippen LogP contribution < -0.4 is 0 Å². The van der Waals surface area contributed by atoms with Crippen LogP contribution in [-0.4, -0.2) is 64.9 Å². The van der Waals surface area contributed by atoms with Gasteiger partial charge in [0.25, 0.3) is 0 Å². The first-order valence-electron chi connectivity index (χ1n) is 5.72. The van der Waals surface area contributed by atoms with Crippen molar-refractivity contribution in [3.63, 3.8) is 0 Å². The topological polar surface area (TPSA) is 55.4 Å². The molecule has 2 fully saturated rings. The first kappa shape index (κ1) is 13.2. The van der Waals surface area contributed by atoms with Crippen molar-refractivity contribution in [2.24, 2.45) is 0 Å². The summed E-state index contributed by atoms with van der Waals surface area (Å²) < 4.78 is 33.0. The number of ether oxygens (including phenoxy) is 6. The molecule has 2 aliphatic rings. The lowest BCUT2D eigenvalue weighted by atomic mass is 9.99. The predicted octanol–water partition coefficient (Wildman–Crippen LogP) is 0.149. The monoisotopic (exact) mass is 248 g/mol. The number of methoxy groups -OCH3 is 3. The molecule has 6 heteroatoms. The van der Waals surface area contributed by atoms with Gasteiger partial charge in [0.1, 0.15) is 24.4 Å². The van der Waals surface area contributed by atoms with E-state index in [4.69, 9.17) is 28.4 Å². The molecule has 2 saturated heterocycles. The zero-order valence-corrected chi connectivity index (χ0v) is 10.6. The molecule has 0 radical (unpaired) electrons. The average Bonchev–Trinajstić information content (AvgIpc) is 2.67. The summed E-state index contributed by atoms with van der Waals surface area (Å²) in [5, 5.41) is 0. The van der Waals surface area contributed by atoms with Gasteiger partial charge in [0.05, 0.1) is 6.61 Å². The van der Waals surface area contributed by atoms with E-state index in [1.54, 1.807) is 21.3 Å². The van der Waals surface area contributed by atoms with Crippen LogP contribution in [0.3, 0.4) is 0 Å². The van der Waals surface area contributed by atoms with Crippen molar-refractivity contribution in [2.45, 2.75) is 43.9 Å². The summed E-state index contributed by atoms with van der Waals surface area (Å²) >= 11 is 0. The zero-order chi connectivity index (χ0) is 12.4. The summed E-state index contributed by atoms with van der Waals surface area (Å²) in [4.78, 5) is 0. The van der Waals surface area contributed by atoms with Crippen LogP contribution in [0.4, 0.5) is 0 Å². The molecule has 2 aliphatic heterocycles. The van der Waals surface area contributed by atoms with Crippen LogP contribution in [0.25, 0.3) is 0 Å². The van der Waals surface area contributed by atoms with E-state index in [1.807, 2.05) is 6.92 Å². The Kier molecular flexibility index (Phi) is 4.35. The average molecular weight is 248 g/mol. The van der Waals surface area contributed by atoms with Crippen molar-refractivity contribution in [1.82, 2.24) is 0 Å². The van der Waals surface area contributed by atoms with E-state index >= 15 is 0 Å². The summed E-state index contributed by atoms with van der Waals surface area (Å²) in [5.41, 5.74) is 0. The summed E-state index contributed by atoms with van der Waals surface area (Å²) in [6.45, 7) is 2.26. The van der Waals surface area contributed by atoms with Gasteiger partial charge < -0.3 is 28.4 Å². The van der Waals surface area contributed by atoms with Crippen molar-refractivity contribution in [3.05, 3.63) is 0 Å². The molecule has 0 spiro atoms. The third-order valence-corrected chi connectivity index (χ3v) is 3.14. The lowest BCUT2D eigenvalue weighted by Gasteiger charge is -2.41. The van der Waals surface area contributed by atoms with E-state index < -0.39 is 6.29 Å². The fourth-order valence-electron chi connectivity index (χ4n) is 2.43. The van der Waals surface area contributed by atoms with E-state index in [-0.39, 0.29) is 30.7 Å². The van der Waals surface area contributed by atoms with Gasteiger partial charge in [0, 0.05) is 21.3 Å². The van der Waals surface area contributed by atoms with Gasteiger partial charge in [-0.15, -0.1) is 0 Å². The molecule has 0 aromatic carbocycles. The van der Waals surface area contributed by atoms with Gasteiger partial charge >= 0.3 is 0 Å². The molecule has 100 valence electrons. The maximum Gasteiger partial charge on any atom is 0.190 e. The highest BCUT2D eigenvalue weighted by Gasteiger charge is 2.52. The van der Waals surface area contributed by atoms with E-state index in [1.165, 1.54) is 0 Å². The van der Waals surface area contributed by atoms with Crippen LogP contribution in [0.5, 0.6) is 0 Å². The maximum absolute atomic E-state index is 5.78. The van der Waals surface area contributed by atoms with Crippen LogP contribution in [0, 0.1) is 0 Å². The quantitative estimate of drug-likeness (QED) is 0.706. The van der Waals surface area contributed by atoms with Gasteiger partial charge in [-0.05, 0) is 6.92 Å². The van der Waals surface area contributed by atoms with E-state index in [0.29, 0.717) is 6.61 Å². The van der Waals surface area contributed by atoms with Crippen molar-refractivity contribution in [3.8, 4) is 0 Å². The zero-order valence-electron chi connectivity index (χ0n) is 10.6. The highest BCUT2D eigenvalue weighted by molar-refractivity contribution is 4.94. The first-order valence-corrected chi connectivity index (χ1v) is 5.72. The smallest absolute Gasteiger partial charge is 0.190 e. The summed E-state index contributed by atoms with van der Waals surface area (Å²) in [7, 11) is 4.89. The van der Waals surface area contributed by atoms with Crippen molar-refractivity contribution < 1.29 is 28.4 Å². The second-order valence-corrected chi connectivity index (χ2v) is 4.20. The van der Waals surface area contributed by atoms with Crippen molar-refractivity contribution >= 4 is 0 Å². The molecule has 2 heterocycles. The van der Waals surface area contributed by atoms with Gasteiger partial charge in [-0.3, -0.25) is 0 Å². The highest BCUT2D eigenvalue weighted by atomic mass is 16.8. The van der Waals surface area contributed by atoms with Crippen LogP contribution >= 0.6 is 0 Å². The minimum absolute atomic E-state index is 0.218. The van der Waals surface area contributed by atoms with Gasteiger partial charge in [0.2, 0.25) is 0 Å². The SMILES string of the molecule is COC[C@H]1O[C@H]2OC(C)O[C@H]2[C@@H](OC)[C@@H]1OC. The van der Waals surface area contributed by atoms with Gasteiger partial charge in [-0.2, -0.15) is 0 Å². The molecular formula is C11H20O6. The van der Waals surface area contributed by atoms with Crippen LogP contribution in [-0.2, 0) is 28.4 Å². The third-order valence-electron chi connectivity index (χ3n) is 3.14. The lowest BCUT2D eigenvalue weighted by molar-refractivity contribution is -0.263. The molecule has 17 heavy (non-hydrogen) atoms. The number of hydrogen-bond donors (Lipinski definition) is 0. The predicted molar refractivity (Wildman–Crippen MR) is 57.6 cm³/mol. The Bertz CT molecular complexity index is 248. The lowest BCUT2D eigenvalue weighted by Crippen LogP contribution is -2.58.